The summed E-state index contributed by atoms with van der Waals surface area (Å²) in [7, 11) is 1.67. The third kappa shape index (κ3) is 2.49. The fourth-order valence-electron chi connectivity index (χ4n) is 2.37. The lowest BCUT2D eigenvalue weighted by Crippen LogP contribution is -2.14. The number of nitrogens with one attached hydrogen (secondary N) is 1. The molecule has 0 saturated heterocycles. The molecule has 0 radical (unpaired) electrons. The normalized spacial score (nSPS) is 20.9. The second-order valence-electron chi connectivity index (χ2n) is 4.69. The van der Waals surface area contributed by atoms with Crippen molar-refractivity contribution in [3.63, 3.8) is 0 Å². The van der Waals surface area contributed by atoms with E-state index in [9.17, 15) is 4.79 Å². The van der Waals surface area contributed by atoms with Crippen LogP contribution in [-0.4, -0.2) is 13.0 Å². The highest BCUT2D eigenvalue weighted by Crippen LogP contribution is 2.50. The summed E-state index contributed by atoms with van der Waals surface area (Å²) >= 11 is 1.58. The van der Waals surface area contributed by atoms with E-state index < -0.39 is 0 Å². The first-order chi connectivity index (χ1) is 9.29. The third-order valence-electron chi connectivity index (χ3n) is 3.45. The Labute approximate surface area is 116 Å². The number of para-hydroxylation sites is 1. The summed E-state index contributed by atoms with van der Waals surface area (Å²) in [5.41, 5.74) is 2.02. The molecule has 1 aliphatic carbocycles. The van der Waals surface area contributed by atoms with Gasteiger partial charge in [-0.1, -0.05) is 18.2 Å². The monoisotopic (exact) mass is 273 g/mol. The van der Waals surface area contributed by atoms with Crippen molar-refractivity contribution in [2.45, 2.75) is 12.3 Å². The molecule has 1 amide bonds. The van der Waals surface area contributed by atoms with E-state index in [-0.39, 0.29) is 17.7 Å². The van der Waals surface area contributed by atoms with Crippen LogP contribution >= 0.6 is 11.3 Å². The fourth-order valence-corrected chi connectivity index (χ4v) is 2.96. The van der Waals surface area contributed by atoms with Crippen LogP contribution in [0.25, 0.3) is 0 Å². The van der Waals surface area contributed by atoms with Gasteiger partial charge in [-0.15, -0.1) is 0 Å². The molecule has 1 heterocycles. The van der Waals surface area contributed by atoms with E-state index >= 15 is 0 Å². The van der Waals surface area contributed by atoms with Gasteiger partial charge in [0.2, 0.25) is 5.91 Å². The van der Waals surface area contributed by atoms with Gasteiger partial charge in [0, 0.05) is 11.3 Å². The minimum absolute atomic E-state index is 0.0659. The molecular formula is C15H15NO2S. The number of benzene rings is 1. The van der Waals surface area contributed by atoms with Gasteiger partial charge in [-0.3, -0.25) is 4.79 Å². The van der Waals surface area contributed by atoms with Crippen LogP contribution in [0, 0.1) is 5.92 Å². The van der Waals surface area contributed by atoms with E-state index in [2.05, 4.69) is 5.32 Å². The van der Waals surface area contributed by atoms with Gasteiger partial charge in [0.25, 0.3) is 0 Å². The van der Waals surface area contributed by atoms with Crippen molar-refractivity contribution in [1.82, 2.24) is 0 Å². The summed E-state index contributed by atoms with van der Waals surface area (Å²) in [5, 5.41) is 6.85. The molecule has 98 valence electrons. The van der Waals surface area contributed by atoms with E-state index in [1.807, 2.05) is 41.1 Å². The molecule has 1 fully saturated rings. The molecule has 1 saturated carbocycles. The quantitative estimate of drug-likeness (QED) is 0.926. The highest BCUT2D eigenvalue weighted by molar-refractivity contribution is 7.08. The average molecular weight is 273 g/mol. The number of amides is 1. The van der Waals surface area contributed by atoms with Crippen molar-refractivity contribution in [3.8, 4) is 5.75 Å². The molecule has 3 rings (SSSR count). The first kappa shape index (κ1) is 12.2. The molecule has 0 spiro atoms. The van der Waals surface area contributed by atoms with Crippen molar-refractivity contribution in [2.24, 2.45) is 5.92 Å². The second-order valence-corrected chi connectivity index (χ2v) is 5.47. The molecule has 2 atom stereocenters. The summed E-state index contributed by atoms with van der Waals surface area (Å²) in [4.78, 5) is 12.1. The van der Waals surface area contributed by atoms with Crippen LogP contribution in [0.3, 0.4) is 0 Å². The number of methoxy groups -OCH3 is 1. The van der Waals surface area contributed by atoms with E-state index in [0.717, 1.165) is 23.4 Å². The van der Waals surface area contributed by atoms with Crippen LogP contribution in [0.15, 0.2) is 41.1 Å². The van der Waals surface area contributed by atoms with Crippen molar-refractivity contribution in [1.29, 1.82) is 0 Å². The van der Waals surface area contributed by atoms with E-state index in [0.29, 0.717) is 0 Å². The van der Waals surface area contributed by atoms with Crippen LogP contribution in [0.4, 0.5) is 5.69 Å². The third-order valence-corrected chi connectivity index (χ3v) is 4.14. The van der Waals surface area contributed by atoms with Gasteiger partial charge in [-0.2, -0.15) is 11.3 Å². The summed E-state index contributed by atoms with van der Waals surface area (Å²) < 4.78 is 5.35. The Morgan fingerprint density at radius 2 is 2.21 bits per heavy atom. The Balaban J connectivity index is 1.69. The van der Waals surface area contributed by atoms with Gasteiger partial charge in [-0.05, 0) is 35.4 Å². The molecular weight excluding hydrogens is 258 g/mol. The van der Waals surface area contributed by atoms with Crippen LogP contribution in [0.1, 0.15) is 17.9 Å². The molecule has 4 heteroatoms. The maximum atomic E-state index is 12.1. The number of hydrogen-bond donors (Lipinski definition) is 1. The highest BCUT2D eigenvalue weighted by Gasteiger charge is 2.45. The van der Waals surface area contributed by atoms with Gasteiger partial charge in [-0.25, -0.2) is 0 Å². The minimum atomic E-state index is 0.0659. The molecule has 1 aliphatic rings. The van der Waals surface area contributed by atoms with Crippen LogP contribution in [0.5, 0.6) is 5.75 Å². The Bertz CT molecular complexity index is 580. The average Bonchev–Trinajstić information content (AvgIpc) is 3.09. The Morgan fingerprint density at radius 1 is 1.37 bits per heavy atom. The highest BCUT2D eigenvalue weighted by atomic mass is 32.1. The lowest BCUT2D eigenvalue weighted by atomic mass is 10.1. The maximum Gasteiger partial charge on any atom is 0.228 e. The van der Waals surface area contributed by atoms with Gasteiger partial charge >= 0.3 is 0 Å². The molecule has 1 aromatic carbocycles. The zero-order valence-electron chi connectivity index (χ0n) is 10.6. The summed E-state index contributed by atoms with van der Waals surface area (Å²) in [6, 6.07) is 9.85. The van der Waals surface area contributed by atoms with Crippen molar-refractivity contribution in [2.75, 3.05) is 12.4 Å². The Kier molecular flexibility index (Phi) is 3.25. The number of rotatable bonds is 4. The van der Waals surface area contributed by atoms with Crippen molar-refractivity contribution < 1.29 is 9.53 Å². The molecule has 19 heavy (non-hydrogen) atoms. The predicted molar refractivity (Wildman–Crippen MR) is 76.8 cm³/mol. The number of hydrogen-bond acceptors (Lipinski definition) is 3. The van der Waals surface area contributed by atoms with Gasteiger partial charge in [0.05, 0.1) is 12.8 Å². The SMILES string of the molecule is COc1ccccc1C1CC1C(=O)Nc1ccsc1. The Hall–Kier alpha value is -1.81. The second kappa shape index (κ2) is 5.05. The van der Waals surface area contributed by atoms with Crippen LogP contribution in [0.2, 0.25) is 0 Å². The summed E-state index contributed by atoms with van der Waals surface area (Å²) in [6.07, 6.45) is 0.899. The molecule has 3 nitrogen and oxygen atoms in total. The van der Waals surface area contributed by atoms with Crippen molar-refractivity contribution >= 4 is 22.9 Å². The molecule has 1 N–H and O–H groups in total. The summed E-state index contributed by atoms with van der Waals surface area (Å²) in [6.45, 7) is 0. The first-order valence-corrected chi connectivity index (χ1v) is 7.20. The largest absolute Gasteiger partial charge is 0.496 e. The number of carbonyl (C=O) groups is 1. The van der Waals surface area contributed by atoms with E-state index in [1.54, 1.807) is 18.4 Å². The van der Waals surface area contributed by atoms with Gasteiger partial charge in [0.1, 0.15) is 5.75 Å². The molecule has 1 aromatic heterocycles. The summed E-state index contributed by atoms with van der Waals surface area (Å²) in [5.74, 6) is 1.33. The standard InChI is InChI=1S/C15H15NO2S/c1-18-14-5-3-2-4-11(14)12-8-13(12)15(17)16-10-6-7-19-9-10/h2-7,9,12-13H,8H2,1H3,(H,16,17). The van der Waals surface area contributed by atoms with Gasteiger partial charge in [0.15, 0.2) is 0 Å². The predicted octanol–water partition coefficient (Wildman–Crippen LogP) is 3.50. The Morgan fingerprint density at radius 3 is 2.95 bits per heavy atom. The molecule has 2 aromatic rings. The topological polar surface area (TPSA) is 38.3 Å². The molecule has 0 aliphatic heterocycles. The first-order valence-electron chi connectivity index (χ1n) is 6.25. The zero-order valence-corrected chi connectivity index (χ0v) is 11.4. The van der Waals surface area contributed by atoms with E-state index in [4.69, 9.17) is 4.74 Å². The number of carbonyl (C=O) groups excluding carboxylic acids is 1. The number of thiophene rings is 1. The smallest absolute Gasteiger partial charge is 0.228 e. The lowest BCUT2D eigenvalue weighted by molar-refractivity contribution is -0.117. The van der Waals surface area contributed by atoms with E-state index in [1.165, 1.54) is 0 Å². The van der Waals surface area contributed by atoms with Crippen LogP contribution in [-0.2, 0) is 4.79 Å². The minimum Gasteiger partial charge on any atom is -0.496 e. The zero-order chi connectivity index (χ0) is 13.2. The lowest BCUT2D eigenvalue weighted by Gasteiger charge is -2.07. The van der Waals surface area contributed by atoms with Crippen LogP contribution < -0.4 is 10.1 Å². The molecule has 0 bridgehead atoms. The maximum absolute atomic E-state index is 12.1. The van der Waals surface area contributed by atoms with Gasteiger partial charge < -0.3 is 10.1 Å². The number of anilines is 1. The molecule has 2 unspecified atom stereocenters. The fraction of sp³-hybridized carbons (Fsp3) is 0.267. The van der Waals surface area contributed by atoms with Crippen molar-refractivity contribution in [3.05, 3.63) is 46.7 Å². The number of ether oxygens (including phenoxy) is 1.